The molecule has 1 aromatic rings. The minimum Gasteiger partial charge on any atom is -0.496 e. The zero-order chi connectivity index (χ0) is 13.1. The van der Waals surface area contributed by atoms with E-state index in [9.17, 15) is 0 Å². The largest absolute Gasteiger partial charge is 0.496 e. The summed E-state index contributed by atoms with van der Waals surface area (Å²) in [6.07, 6.45) is 1.06. The van der Waals surface area contributed by atoms with Crippen LogP contribution in [0.2, 0.25) is 0 Å². The first-order chi connectivity index (χ1) is 8.65. The van der Waals surface area contributed by atoms with Crippen molar-refractivity contribution in [3.05, 3.63) is 23.8 Å². The summed E-state index contributed by atoms with van der Waals surface area (Å²) in [5.41, 5.74) is 8.29. The van der Waals surface area contributed by atoms with Gasteiger partial charge in [0, 0.05) is 30.9 Å². The van der Waals surface area contributed by atoms with Crippen molar-refractivity contribution in [3.8, 4) is 5.75 Å². The predicted octanol–water partition coefficient (Wildman–Crippen LogP) is 1.94. The third-order valence-electron chi connectivity index (χ3n) is 3.55. The number of methoxy groups -OCH3 is 1. The quantitative estimate of drug-likeness (QED) is 0.887. The summed E-state index contributed by atoms with van der Waals surface area (Å²) in [7, 11) is 3.78. The number of nitrogens with two attached hydrogens (primary N) is 1. The Morgan fingerprint density at radius 3 is 2.83 bits per heavy atom. The van der Waals surface area contributed by atoms with Gasteiger partial charge in [-0.1, -0.05) is 6.07 Å². The Kier molecular flexibility index (Phi) is 4.09. The third-order valence-corrected chi connectivity index (χ3v) is 3.55. The lowest BCUT2D eigenvalue weighted by atomic mass is 10.0. The lowest BCUT2D eigenvalue weighted by molar-refractivity contribution is 0.193. The fourth-order valence-electron chi connectivity index (χ4n) is 2.50. The second-order valence-electron chi connectivity index (χ2n) is 4.81. The zero-order valence-corrected chi connectivity index (χ0v) is 11.3. The fourth-order valence-corrected chi connectivity index (χ4v) is 2.50. The Morgan fingerprint density at radius 2 is 2.28 bits per heavy atom. The van der Waals surface area contributed by atoms with Crippen LogP contribution in [-0.2, 0) is 4.74 Å². The van der Waals surface area contributed by atoms with Crippen LogP contribution in [0.15, 0.2) is 18.2 Å². The van der Waals surface area contributed by atoms with Gasteiger partial charge in [0.1, 0.15) is 5.75 Å². The van der Waals surface area contributed by atoms with E-state index in [1.165, 1.54) is 0 Å². The highest BCUT2D eigenvalue weighted by atomic mass is 16.5. The molecule has 1 unspecified atom stereocenters. The number of hydrogen-bond acceptors (Lipinski definition) is 4. The SMILES string of the molecule is COc1cccc(N(C)C2CCOC2)c1[C@H](C)N. The maximum absolute atomic E-state index is 6.09. The summed E-state index contributed by atoms with van der Waals surface area (Å²) >= 11 is 0. The van der Waals surface area contributed by atoms with Crippen molar-refractivity contribution in [2.45, 2.75) is 25.4 Å². The lowest BCUT2D eigenvalue weighted by Gasteiger charge is -2.29. The van der Waals surface area contributed by atoms with Crippen LogP contribution in [0.4, 0.5) is 5.69 Å². The molecule has 0 amide bonds. The molecule has 0 bridgehead atoms. The standard InChI is InChI=1S/C14H22N2O2/c1-10(15)14-12(5-4-6-13(14)17-3)16(2)11-7-8-18-9-11/h4-6,10-11H,7-9,15H2,1-3H3/t10-,11?/m0/s1. The Balaban J connectivity index is 2.36. The number of hydrogen-bond donors (Lipinski definition) is 1. The van der Waals surface area contributed by atoms with E-state index in [0.717, 1.165) is 36.6 Å². The van der Waals surface area contributed by atoms with Crippen molar-refractivity contribution >= 4 is 5.69 Å². The maximum atomic E-state index is 6.09. The Labute approximate surface area is 109 Å². The minimum absolute atomic E-state index is 0.0547. The van der Waals surface area contributed by atoms with Crippen molar-refractivity contribution in [1.82, 2.24) is 0 Å². The van der Waals surface area contributed by atoms with Gasteiger partial charge in [0.25, 0.3) is 0 Å². The lowest BCUT2D eigenvalue weighted by Crippen LogP contribution is -2.33. The molecule has 0 radical (unpaired) electrons. The molecule has 18 heavy (non-hydrogen) atoms. The van der Waals surface area contributed by atoms with Gasteiger partial charge in [-0.2, -0.15) is 0 Å². The highest BCUT2D eigenvalue weighted by molar-refractivity contribution is 5.61. The third kappa shape index (κ3) is 2.44. The fraction of sp³-hybridized carbons (Fsp3) is 0.571. The normalized spacial score (nSPS) is 20.8. The first kappa shape index (κ1) is 13.2. The molecule has 1 saturated heterocycles. The van der Waals surface area contributed by atoms with E-state index in [0.29, 0.717) is 6.04 Å². The summed E-state index contributed by atoms with van der Waals surface area (Å²) in [5.74, 6) is 0.855. The number of nitrogens with zero attached hydrogens (tertiary/aromatic N) is 1. The Bertz CT molecular complexity index is 401. The van der Waals surface area contributed by atoms with E-state index in [-0.39, 0.29) is 6.04 Å². The number of rotatable bonds is 4. The van der Waals surface area contributed by atoms with Gasteiger partial charge in [-0.15, -0.1) is 0 Å². The zero-order valence-electron chi connectivity index (χ0n) is 11.3. The summed E-state index contributed by atoms with van der Waals surface area (Å²) in [5, 5.41) is 0. The van der Waals surface area contributed by atoms with Gasteiger partial charge in [0.2, 0.25) is 0 Å². The van der Waals surface area contributed by atoms with E-state index in [1.54, 1.807) is 7.11 Å². The molecule has 2 rings (SSSR count). The van der Waals surface area contributed by atoms with Gasteiger partial charge in [0.15, 0.2) is 0 Å². The maximum Gasteiger partial charge on any atom is 0.125 e. The highest BCUT2D eigenvalue weighted by Gasteiger charge is 2.24. The molecule has 0 aliphatic carbocycles. The van der Waals surface area contributed by atoms with Crippen LogP contribution in [0.25, 0.3) is 0 Å². The molecule has 1 aliphatic heterocycles. The molecule has 1 aromatic carbocycles. The van der Waals surface area contributed by atoms with Crippen LogP contribution in [-0.4, -0.2) is 33.4 Å². The van der Waals surface area contributed by atoms with Crippen LogP contribution in [0, 0.1) is 0 Å². The molecule has 2 N–H and O–H groups in total. The molecule has 0 saturated carbocycles. The van der Waals surface area contributed by atoms with Crippen LogP contribution >= 0.6 is 0 Å². The van der Waals surface area contributed by atoms with Crippen LogP contribution in [0.1, 0.15) is 24.9 Å². The molecule has 100 valence electrons. The number of anilines is 1. The Hall–Kier alpha value is -1.26. The van der Waals surface area contributed by atoms with Gasteiger partial charge in [-0.05, 0) is 25.5 Å². The molecular formula is C14H22N2O2. The topological polar surface area (TPSA) is 47.7 Å². The van der Waals surface area contributed by atoms with E-state index in [4.69, 9.17) is 15.2 Å². The highest BCUT2D eigenvalue weighted by Crippen LogP contribution is 2.34. The summed E-state index contributed by atoms with van der Waals surface area (Å²) < 4.78 is 10.9. The first-order valence-electron chi connectivity index (χ1n) is 6.38. The number of likely N-dealkylation sites (N-methyl/N-ethyl adjacent to an activating group) is 1. The van der Waals surface area contributed by atoms with Crippen LogP contribution in [0.3, 0.4) is 0 Å². The number of benzene rings is 1. The Morgan fingerprint density at radius 1 is 1.50 bits per heavy atom. The smallest absolute Gasteiger partial charge is 0.125 e. The molecule has 4 nitrogen and oxygen atoms in total. The molecule has 0 spiro atoms. The second-order valence-corrected chi connectivity index (χ2v) is 4.81. The molecule has 0 aromatic heterocycles. The summed E-state index contributed by atoms with van der Waals surface area (Å²) in [6.45, 7) is 3.61. The average Bonchev–Trinajstić information content (AvgIpc) is 2.90. The minimum atomic E-state index is -0.0547. The van der Waals surface area contributed by atoms with E-state index < -0.39 is 0 Å². The van der Waals surface area contributed by atoms with Gasteiger partial charge >= 0.3 is 0 Å². The molecule has 1 heterocycles. The first-order valence-corrected chi connectivity index (χ1v) is 6.38. The monoisotopic (exact) mass is 250 g/mol. The number of ether oxygens (including phenoxy) is 2. The van der Waals surface area contributed by atoms with Crippen LogP contribution in [0.5, 0.6) is 5.75 Å². The molecule has 1 aliphatic rings. The summed E-state index contributed by atoms with van der Waals surface area (Å²) in [6, 6.07) is 6.43. The molecule has 2 atom stereocenters. The molecular weight excluding hydrogens is 228 g/mol. The van der Waals surface area contributed by atoms with Crippen molar-refractivity contribution < 1.29 is 9.47 Å². The average molecular weight is 250 g/mol. The van der Waals surface area contributed by atoms with Gasteiger partial charge in [-0.25, -0.2) is 0 Å². The second kappa shape index (κ2) is 5.59. The van der Waals surface area contributed by atoms with Crippen LogP contribution < -0.4 is 15.4 Å². The van der Waals surface area contributed by atoms with E-state index >= 15 is 0 Å². The molecule has 4 heteroatoms. The van der Waals surface area contributed by atoms with Crippen molar-refractivity contribution in [2.75, 3.05) is 32.3 Å². The van der Waals surface area contributed by atoms with Gasteiger partial charge < -0.3 is 20.1 Å². The predicted molar refractivity (Wildman–Crippen MR) is 73.2 cm³/mol. The van der Waals surface area contributed by atoms with Crippen molar-refractivity contribution in [3.63, 3.8) is 0 Å². The summed E-state index contributed by atoms with van der Waals surface area (Å²) in [4.78, 5) is 2.26. The molecule has 1 fully saturated rings. The van der Waals surface area contributed by atoms with Gasteiger partial charge in [0.05, 0.1) is 19.8 Å². The van der Waals surface area contributed by atoms with Crippen molar-refractivity contribution in [1.29, 1.82) is 0 Å². The van der Waals surface area contributed by atoms with E-state index in [2.05, 4.69) is 18.0 Å². The van der Waals surface area contributed by atoms with E-state index in [1.807, 2.05) is 19.1 Å². The van der Waals surface area contributed by atoms with Crippen molar-refractivity contribution in [2.24, 2.45) is 5.73 Å². The van der Waals surface area contributed by atoms with Gasteiger partial charge in [-0.3, -0.25) is 0 Å².